The molecular weight excluding hydrogens is 190 g/mol. The minimum atomic E-state index is 0.412. The van der Waals surface area contributed by atoms with Crippen LogP contribution in [0.2, 0.25) is 0 Å². The Kier molecular flexibility index (Phi) is 1.96. The van der Waals surface area contributed by atoms with Crippen molar-refractivity contribution in [2.24, 2.45) is 28.8 Å². The summed E-state index contributed by atoms with van der Waals surface area (Å²) in [6, 6.07) is 0. The van der Waals surface area contributed by atoms with Crippen molar-refractivity contribution in [2.45, 2.75) is 6.42 Å². The summed E-state index contributed by atoms with van der Waals surface area (Å²) in [5, 5.41) is 12.6. The van der Waals surface area contributed by atoms with Crippen molar-refractivity contribution in [1.82, 2.24) is 0 Å². The largest absolute Gasteiger partial charge is 0.411 e. The minimum Gasteiger partial charge on any atom is -0.411 e. The molecule has 1 saturated carbocycles. The smallest absolute Gasteiger partial charge is 0.0890 e. The Bertz CT molecular complexity index is 370. The van der Waals surface area contributed by atoms with E-state index in [1.54, 1.807) is 7.11 Å². The summed E-state index contributed by atoms with van der Waals surface area (Å²) in [6.45, 7) is 0.561. The quantitative estimate of drug-likeness (QED) is 0.424. The lowest BCUT2D eigenvalue weighted by Gasteiger charge is -2.19. The molecule has 0 radical (unpaired) electrons. The van der Waals surface area contributed by atoms with E-state index >= 15 is 0 Å². The highest BCUT2D eigenvalue weighted by atomic mass is 16.5. The van der Waals surface area contributed by atoms with E-state index in [1.807, 2.05) is 0 Å². The summed E-state index contributed by atoms with van der Waals surface area (Å²) in [6.07, 6.45) is 8.07. The monoisotopic (exact) mass is 205 g/mol. The molecule has 3 rings (SSSR count). The Morgan fingerprint density at radius 1 is 1.47 bits per heavy atom. The van der Waals surface area contributed by atoms with Crippen LogP contribution in [0.3, 0.4) is 0 Å². The van der Waals surface area contributed by atoms with Crippen LogP contribution in [0.15, 0.2) is 29.0 Å². The van der Waals surface area contributed by atoms with Gasteiger partial charge in [-0.15, -0.1) is 0 Å². The van der Waals surface area contributed by atoms with Gasteiger partial charge in [0.25, 0.3) is 0 Å². The van der Waals surface area contributed by atoms with Gasteiger partial charge in [-0.3, -0.25) is 0 Å². The molecular formula is C12H15NO2. The van der Waals surface area contributed by atoms with Crippen molar-refractivity contribution in [3.63, 3.8) is 0 Å². The van der Waals surface area contributed by atoms with Crippen LogP contribution in [0.25, 0.3) is 0 Å². The molecule has 1 fully saturated rings. The van der Waals surface area contributed by atoms with Crippen LogP contribution in [0.5, 0.6) is 0 Å². The van der Waals surface area contributed by atoms with Gasteiger partial charge in [0, 0.05) is 13.0 Å². The van der Waals surface area contributed by atoms with E-state index in [2.05, 4.69) is 23.4 Å². The molecule has 0 aromatic heterocycles. The molecule has 0 aromatic rings. The van der Waals surface area contributed by atoms with Crippen molar-refractivity contribution >= 4 is 5.71 Å². The average molecular weight is 205 g/mol. The van der Waals surface area contributed by atoms with Gasteiger partial charge in [-0.25, -0.2) is 0 Å². The predicted octanol–water partition coefficient (Wildman–Crippen LogP) is 1.84. The van der Waals surface area contributed by atoms with Crippen LogP contribution >= 0.6 is 0 Å². The predicted molar refractivity (Wildman–Crippen MR) is 56.9 cm³/mol. The fraction of sp³-hybridized carbons (Fsp3) is 0.583. The molecule has 80 valence electrons. The number of hydrogen-bond donors (Lipinski definition) is 1. The first kappa shape index (κ1) is 9.16. The summed E-state index contributed by atoms with van der Waals surface area (Å²) in [5.41, 5.74) is 1.94. The summed E-state index contributed by atoms with van der Waals surface area (Å²) in [4.78, 5) is 0. The van der Waals surface area contributed by atoms with Crippen LogP contribution in [0.1, 0.15) is 6.42 Å². The van der Waals surface area contributed by atoms with Crippen molar-refractivity contribution in [3.05, 3.63) is 23.8 Å². The summed E-state index contributed by atoms with van der Waals surface area (Å²) >= 11 is 0. The van der Waals surface area contributed by atoms with Crippen LogP contribution in [0.4, 0.5) is 0 Å². The summed E-state index contributed by atoms with van der Waals surface area (Å²) < 4.78 is 5.13. The van der Waals surface area contributed by atoms with E-state index in [9.17, 15) is 0 Å². The molecule has 0 heterocycles. The first-order valence-corrected chi connectivity index (χ1v) is 5.45. The molecule has 0 saturated heterocycles. The van der Waals surface area contributed by atoms with Gasteiger partial charge in [0.15, 0.2) is 0 Å². The Morgan fingerprint density at radius 2 is 2.27 bits per heavy atom. The van der Waals surface area contributed by atoms with Gasteiger partial charge < -0.3 is 9.94 Å². The lowest BCUT2D eigenvalue weighted by molar-refractivity contribution is 0.228. The Hall–Kier alpha value is -1.09. The van der Waals surface area contributed by atoms with E-state index in [-0.39, 0.29) is 0 Å². The third-order valence-electron chi connectivity index (χ3n) is 3.97. The van der Waals surface area contributed by atoms with E-state index in [0.29, 0.717) is 30.3 Å². The SMILES string of the molecule is COCC1=CC2C3C=CC(C3)C2/C1=N/O. The number of ether oxygens (including phenoxy) is 1. The fourth-order valence-electron chi connectivity index (χ4n) is 3.41. The zero-order chi connectivity index (χ0) is 10.4. The lowest BCUT2D eigenvalue weighted by atomic mass is 9.84. The van der Waals surface area contributed by atoms with Crippen molar-refractivity contribution in [3.8, 4) is 0 Å². The molecule has 1 N–H and O–H groups in total. The molecule has 4 atom stereocenters. The van der Waals surface area contributed by atoms with Gasteiger partial charge in [0.05, 0.1) is 12.3 Å². The van der Waals surface area contributed by atoms with Gasteiger partial charge in [0.1, 0.15) is 0 Å². The number of fused-ring (bicyclic) bond motifs is 5. The molecule has 3 heteroatoms. The molecule has 0 spiro atoms. The fourth-order valence-corrected chi connectivity index (χ4v) is 3.41. The van der Waals surface area contributed by atoms with Crippen molar-refractivity contribution < 1.29 is 9.94 Å². The van der Waals surface area contributed by atoms with Gasteiger partial charge in [-0.1, -0.05) is 23.4 Å². The van der Waals surface area contributed by atoms with E-state index in [4.69, 9.17) is 9.94 Å². The van der Waals surface area contributed by atoms with Gasteiger partial charge in [0.2, 0.25) is 0 Å². The maximum atomic E-state index is 9.11. The zero-order valence-corrected chi connectivity index (χ0v) is 8.76. The molecule has 0 aromatic carbocycles. The molecule has 3 aliphatic rings. The number of nitrogens with zero attached hydrogens (tertiary/aromatic N) is 1. The molecule has 3 aliphatic carbocycles. The Balaban J connectivity index is 1.94. The third kappa shape index (κ3) is 1.13. The third-order valence-corrected chi connectivity index (χ3v) is 3.97. The van der Waals surface area contributed by atoms with Crippen LogP contribution in [0, 0.1) is 23.7 Å². The molecule has 0 amide bonds. The second-order valence-corrected chi connectivity index (χ2v) is 4.66. The maximum Gasteiger partial charge on any atom is 0.0890 e. The number of oxime groups is 1. The number of allylic oxidation sites excluding steroid dienone is 3. The Morgan fingerprint density at radius 3 is 3.00 bits per heavy atom. The minimum absolute atomic E-state index is 0.412. The Labute approximate surface area is 89.1 Å². The van der Waals surface area contributed by atoms with E-state index in [0.717, 1.165) is 11.3 Å². The molecule has 2 bridgehead atoms. The topological polar surface area (TPSA) is 41.8 Å². The first-order chi connectivity index (χ1) is 7.35. The van der Waals surface area contributed by atoms with Crippen LogP contribution < -0.4 is 0 Å². The van der Waals surface area contributed by atoms with Crippen molar-refractivity contribution in [1.29, 1.82) is 0 Å². The maximum absolute atomic E-state index is 9.11. The van der Waals surface area contributed by atoms with Crippen molar-refractivity contribution in [2.75, 3.05) is 13.7 Å². The number of methoxy groups -OCH3 is 1. The lowest BCUT2D eigenvalue weighted by Crippen LogP contribution is -2.22. The van der Waals surface area contributed by atoms with Gasteiger partial charge >= 0.3 is 0 Å². The highest BCUT2D eigenvalue weighted by Gasteiger charge is 2.50. The first-order valence-electron chi connectivity index (χ1n) is 5.45. The molecule has 0 aliphatic heterocycles. The van der Waals surface area contributed by atoms with Gasteiger partial charge in [-0.05, 0) is 29.7 Å². The second kappa shape index (κ2) is 3.20. The highest BCUT2D eigenvalue weighted by Crippen LogP contribution is 2.53. The van der Waals surface area contributed by atoms with Gasteiger partial charge in [-0.2, -0.15) is 0 Å². The molecule has 3 nitrogen and oxygen atoms in total. The molecule has 15 heavy (non-hydrogen) atoms. The summed E-state index contributed by atoms with van der Waals surface area (Å²) in [7, 11) is 1.68. The number of rotatable bonds is 2. The highest BCUT2D eigenvalue weighted by molar-refractivity contribution is 6.05. The normalized spacial score (nSPS) is 43.8. The van der Waals surface area contributed by atoms with Crippen LogP contribution in [-0.2, 0) is 4.74 Å². The molecule has 4 unspecified atom stereocenters. The van der Waals surface area contributed by atoms with E-state index < -0.39 is 0 Å². The van der Waals surface area contributed by atoms with Crippen LogP contribution in [-0.4, -0.2) is 24.6 Å². The zero-order valence-electron chi connectivity index (χ0n) is 8.76. The average Bonchev–Trinajstić information content (AvgIpc) is 2.86. The second-order valence-electron chi connectivity index (χ2n) is 4.66. The summed E-state index contributed by atoms with van der Waals surface area (Å²) in [5.74, 6) is 2.20. The van der Waals surface area contributed by atoms with E-state index in [1.165, 1.54) is 6.42 Å². The number of hydrogen-bond acceptors (Lipinski definition) is 3. The standard InChI is InChI=1S/C12H15NO2/c1-15-6-9-5-10-7-2-3-8(4-7)11(10)12(9)13-14/h2-3,5,7-8,10-11,14H,4,6H2,1H3/b13-12+.